The topological polar surface area (TPSA) is 38.8 Å². The molecule has 1 saturated heterocycles. The first kappa shape index (κ1) is 15.0. The van der Waals surface area contributed by atoms with Gasteiger partial charge in [-0.15, -0.1) is 0 Å². The zero-order chi connectivity index (χ0) is 14.4. The van der Waals surface area contributed by atoms with Gasteiger partial charge in [0.05, 0.1) is 6.61 Å². The fourth-order valence-electron chi connectivity index (χ4n) is 2.60. The highest BCUT2D eigenvalue weighted by Gasteiger charge is 2.61. The Morgan fingerprint density at radius 1 is 1.20 bits per heavy atom. The molecule has 0 amide bonds. The average molecular weight is 276 g/mol. The molecule has 0 spiro atoms. The van der Waals surface area contributed by atoms with Gasteiger partial charge < -0.3 is 9.47 Å². The highest BCUT2D eigenvalue weighted by molar-refractivity contribution is 5.80. The molecule has 2 rings (SSSR count). The summed E-state index contributed by atoms with van der Waals surface area (Å²) in [7, 11) is 0. The van der Waals surface area contributed by atoms with Gasteiger partial charge in [-0.3, -0.25) is 0 Å². The molecule has 1 heterocycles. The fraction of sp³-hybridized carbons (Fsp3) is 0.588. The van der Waals surface area contributed by atoms with Crippen molar-refractivity contribution in [1.82, 2.24) is 0 Å². The lowest BCUT2D eigenvalue weighted by atomic mass is 9.93. The summed E-state index contributed by atoms with van der Waals surface area (Å²) >= 11 is 0. The zero-order valence-corrected chi connectivity index (χ0v) is 12.4. The molecule has 3 nitrogen and oxygen atoms in total. The smallest absolute Gasteiger partial charge is 0.338 e. The first-order valence-corrected chi connectivity index (χ1v) is 7.64. The molecule has 0 N–H and O–H groups in total. The predicted octanol–water partition coefficient (Wildman–Crippen LogP) is 3.81. The number of hydrogen-bond donors (Lipinski definition) is 0. The Morgan fingerprint density at radius 2 is 1.95 bits per heavy atom. The Bertz CT molecular complexity index is 429. The number of hydrogen-bond acceptors (Lipinski definition) is 3. The molecule has 1 aliphatic heterocycles. The third-order valence-corrected chi connectivity index (χ3v) is 3.94. The summed E-state index contributed by atoms with van der Waals surface area (Å²) in [6, 6.07) is 9.94. The van der Waals surface area contributed by atoms with E-state index in [-0.39, 0.29) is 5.97 Å². The van der Waals surface area contributed by atoms with E-state index in [1.807, 2.05) is 37.3 Å². The van der Waals surface area contributed by atoms with E-state index in [0.717, 1.165) is 24.8 Å². The van der Waals surface area contributed by atoms with Crippen LogP contribution in [0.4, 0.5) is 0 Å². The van der Waals surface area contributed by atoms with Crippen molar-refractivity contribution in [2.45, 2.75) is 57.7 Å². The van der Waals surface area contributed by atoms with Crippen LogP contribution in [-0.4, -0.2) is 18.7 Å². The van der Waals surface area contributed by atoms with Gasteiger partial charge in [0.15, 0.2) is 6.10 Å². The van der Waals surface area contributed by atoms with Crippen LogP contribution < -0.4 is 0 Å². The lowest BCUT2D eigenvalue weighted by Gasteiger charge is -2.10. The maximum atomic E-state index is 12.0. The van der Waals surface area contributed by atoms with Crippen LogP contribution in [0.3, 0.4) is 0 Å². The van der Waals surface area contributed by atoms with Gasteiger partial charge in [-0.05, 0) is 18.4 Å². The van der Waals surface area contributed by atoms with Gasteiger partial charge in [0.25, 0.3) is 0 Å². The molecule has 0 bridgehead atoms. The predicted molar refractivity (Wildman–Crippen MR) is 78.4 cm³/mol. The molecule has 20 heavy (non-hydrogen) atoms. The second kappa shape index (κ2) is 6.89. The molecule has 1 aliphatic rings. The van der Waals surface area contributed by atoms with E-state index in [1.165, 1.54) is 12.8 Å². The van der Waals surface area contributed by atoms with E-state index >= 15 is 0 Å². The van der Waals surface area contributed by atoms with Crippen molar-refractivity contribution in [2.75, 3.05) is 6.61 Å². The van der Waals surface area contributed by atoms with Gasteiger partial charge in [0.1, 0.15) is 5.60 Å². The third kappa shape index (κ3) is 3.21. The summed E-state index contributed by atoms with van der Waals surface area (Å²) in [6.45, 7) is 4.72. The minimum Gasteiger partial charge on any atom is -0.464 e. The standard InChI is InChI=1S/C17H24O3/c1-3-5-6-10-13-19-16(18)15-17(4-2,20-15)14-11-8-7-9-12-14/h7-9,11-12,15H,3-6,10,13H2,1-2H3/t15-,17-/m0/s1. The minimum atomic E-state index is -0.457. The Morgan fingerprint density at radius 3 is 2.60 bits per heavy atom. The monoisotopic (exact) mass is 276 g/mol. The van der Waals surface area contributed by atoms with E-state index in [4.69, 9.17) is 9.47 Å². The van der Waals surface area contributed by atoms with Crippen molar-refractivity contribution in [3.8, 4) is 0 Å². The number of rotatable bonds is 8. The molecule has 0 aliphatic carbocycles. The number of carbonyl (C=O) groups excluding carboxylic acids is 1. The quantitative estimate of drug-likeness (QED) is 0.411. The van der Waals surface area contributed by atoms with Gasteiger partial charge in [0.2, 0.25) is 0 Å². The molecule has 1 aromatic rings. The fourth-order valence-corrected chi connectivity index (χ4v) is 2.60. The molecular formula is C17H24O3. The number of ether oxygens (including phenoxy) is 2. The van der Waals surface area contributed by atoms with Crippen LogP contribution >= 0.6 is 0 Å². The van der Waals surface area contributed by atoms with Crippen LogP contribution in [0.15, 0.2) is 30.3 Å². The SMILES string of the molecule is CCCCCCOC(=O)[C@@H]1O[C@@]1(CC)c1ccccc1. The highest BCUT2D eigenvalue weighted by atomic mass is 16.7. The molecule has 110 valence electrons. The molecule has 2 atom stereocenters. The van der Waals surface area contributed by atoms with E-state index in [0.29, 0.717) is 6.61 Å². The maximum absolute atomic E-state index is 12.0. The minimum absolute atomic E-state index is 0.216. The van der Waals surface area contributed by atoms with Crippen molar-refractivity contribution in [3.63, 3.8) is 0 Å². The second-order valence-electron chi connectivity index (χ2n) is 5.34. The van der Waals surface area contributed by atoms with Crippen LogP contribution in [0.2, 0.25) is 0 Å². The summed E-state index contributed by atoms with van der Waals surface area (Å²) in [6.07, 6.45) is 4.80. The van der Waals surface area contributed by atoms with Gasteiger partial charge in [0, 0.05) is 0 Å². The van der Waals surface area contributed by atoms with E-state index in [2.05, 4.69) is 6.92 Å². The Kier molecular flexibility index (Phi) is 5.18. The van der Waals surface area contributed by atoms with Crippen molar-refractivity contribution in [3.05, 3.63) is 35.9 Å². The van der Waals surface area contributed by atoms with E-state index < -0.39 is 11.7 Å². The van der Waals surface area contributed by atoms with Crippen LogP contribution in [0.5, 0.6) is 0 Å². The van der Waals surface area contributed by atoms with Crippen LogP contribution in [-0.2, 0) is 19.9 Å². The van der Waals surface area contributed by atoms with Crippen molar-refractivity contribution < 1.29 is 14.3 Å². The summed E-state index contributed by atoms with van der Waals surface area (Å²) in [5, 5.41) is 0. The Hall–Kier alpha value is -1.35. The van der Waals surface area contributed by atoms with Crippen molar-refractivity contribution in [2.24, 2.45) is 0 Å². The zero-order valence-electron chi connectivity index (χ0n) is 12.4. The lowest BCUT2D eigenvalue weighted by Crippen LogP contribution is -2.21. The van der Waals surface area contributed by atoms with Gasteiger partial charge in [-0.25, -0.2) is 4.79 Å². The summed E-state index contributed by atoms with van der Waals surface area (Å²) in [5.74, 6) is -0.216. The number of unbranched alkanes of at least 4 members (excludes halogenated alkanes) is 3. The molecule has 3 heteroatoms. The number of benzene rings is 1. The molecule has 1 aromatic carbocycles. The normalized spacial score (nSPS) is 24.4. The second-order valence-corrected chi connectivity index (χ2v) is 5.34. The molecular weight excluding hydrogens is 252 g/mol. The average Bonchev–Trinajstić information content (AvgIpc) is 3.24. The van der Waals surface area contributed by atoms with Gasteiger partial charge in [-0.2, -0.15) is 0 Å². The summed E-state index contributed by atoms with van der Waals surface area (Å²) < 4.78 is 11.0. The summed E-state index contributed by atoms with van der Waals surface area (Å²) in [5.41, 5.74) is 0.609. The van der Waals surface area contributed by atoms with Crippen LogP contribution in [0.1, 0.15) is 51.5 Å². The van der Waals surface area contributed by atoms with Gasteiger partial charge in [-0.1, -0.05) is 63.4 Å². The van der Waals surface area contributed by atoms with Crippen molar-refractivity contribution >= 4 is 5.97 Å². The van der Waals surface area contributed by atoms with E-state index in [1.54, 1.807) is 0 Å². The van der Waals surface area contributed by atoms with Crippen LogP contribution in [0.25, 0.3) is 0 Å². The first-order valence-electron chi connectivity index (χ1n) is 7.64. The summed E-state index contributed by atoms with van der Waals surface area (Å²) in [4.78, 5) is 12.0. The Labute approximate surface area is 121 Å². The lowest BCUT2D eigenvalue weighted by molar-refractivity contribution is -0.145. The molecule has 0 saturated carbocycles. The number of esters is 1. The molecule has 0 aromatic heterocycles. The highest BCUT2D eigenvalue weighted by Crippen LogP contribution is 2.49. The van der Waals surface area contributed by atoms with Crippen molar-refractivity contribution in [1.29, 1.82) is 0 Å². The number of carbonyl (C=O) groups is 1. The van der Waals surface area contributed by atoms with Crippen LogP contribution in [0, 0.1) is 0 Å². The first-order chi connectivity index (χ1) is 9.74. The largest absolute Gasteiger partial charge is 0.464 e. The van der Waals surface area contributed by atoms with Gasteiger partial charge >= 0.3 is 5.97 Å². The maximum Gasteiger partial charge on any atom is 0.338 e. The number of epoxide rings is 1. The molecule has 0 radical (unpaired) electrons. The molecule has 0 unspecified atom stereocenters. The third-order valence-electron chi connectivity index (χ3n) is 3.94. The van der Waals surface area contributed by atoms with E-state index in [9.17, 15) is 4.79 Å². The molecule has 1 fully saturated rings. The Balaban J connectivity index is 1.84.